The molecule has 0 fully saturated rings. The van der Waals surface area contributed by atoms with Crippen LogP contribution in [0.15, 0.2) is 72.9 Å². The Morgan fingerprint density at radius 2 is 1.53 bits per heavy atom. The molecule has 0 aliphatic heterocycles. The van der Waals surface area contributed by atoms with Gasteiger partial charge in [-0.05, 0) is 47.0 Å². The van der Waals surface area contributed by atoms with Crippen LogP contribution in [-0.4, -0.2) is 29.7 Å². The van der Waals surface area contributed by atoms with E-state index in [9.17, 15) is 4.79 Å². The smallest absolute Gasteiger partial charge is 0.338 e. The number of hydrogen-bond donors (Lipinski definition) is 5. The molecule has 7 nitrogen and oxygen atoms in total. The van der Waals surface area contributed by atoms with E-state index in [2.05, 4.69) is 4.98 Å². The summed E-state index contributed by atoms with van der Waals surface area (Å²) in [5.74, 6) is -1.11. The standard InChI is InChI=1S/C25H23N5O2/c1-32-25(31)19-8-3-2-7-18(19)22(20-13-30-21-9-5-4-6-17(20)21)14-10-15(23(26)27)12-16(11-14)24(28)29/h2-13,22,30H,1H3,(H3,26,27)(H3,28,29). The SMILES string of the molecule is COC(=O)c1ccccc1C(c1cc(C(=N)N)cc(C(=N)N)c1)c1c[nH]c2ccccc12. The predicted octanol–water partition coefficient (Wildman–Crippen LogP) is 3.70. The molecule has 0 saturated heterocycles. The summed E-state index contributed by atoms with van der Waals surface area (Å²) in [6.45, 7) is 0. The number of benzene rings is 3. The fraction of sp³-hybridized carbons (Fsp3) is 0.0800. The highest BCUT2D eigenvalue weighted by atomic mass is 16.5. The van der Waals surface area contributed by atoms with E-state index >= 15 is 0 Å². The van der Waals surface area contributed by atoms with E-state index in [0.717, 1.165) is 27.6 Å². The van der Waals surface area contributed by atoms with Crippen LogP contribution in [0.3, 0.4) is 0 Å². The third-order valence-corrected chi connectivity index (χ3v) is 5.52. The maximum Gasteiger partial charge on any atom is 0.338 e. The molecular formula is C25H23N5O2. The molecule has 7 N–H and O–H groups in total. The number of aromatic nitrogens is 1. The van der Waals surface area contributed by atoms with Crippen molar-refractivity contribution in [3.05, 3.63) is 106 Å². The monoisotopic (exact) mass is 425 g/mol. The first-order chi connectivity index (χ1) is 15.4. The fourth-order valence-electron chi connectivity index (χ4n) is 4.03. The van der Waals surface area contributed by atoms with E-state index in [0.29, 0.717) is 16.7 Å². The lowest BCUT2D eigenvalue weighted by Gasteiger charge is -2.22. The molecule has 1 unspecified atom stereocenters. The van der Waals surface area contributed by atoms with Gasteiger partial charge in [-0.15, -0.1) is 0 Å². The highest BCUT2D eigenvalue weighted by molar-refractivity contribution is 6.01. The Bertz CT molecular complexity index is 1320. The first kappa shape index (κ1) is 20.9. The van der Waals surface area contributed by atoms with E-state index in [4.69, 9.17) is 27.0 Å². The van der Waals surface area contributed by atoms with Crippen LogP contribution < -0.4 is 11.5 Å². The quantitative estimate of drug-likeness (QED) is 0.182. The Morgan fingerprint density at radius 3 is 2.19 bits per heavy atom. The van der Waals surface area contributed by atoms with E-state index in [1.165, 1.54) is 7.11 Å². The Kier molecular flexibility index (Phi) is 5.47. The summed E-state index contributed by atoms with van der Waals surface area (Å²) in [6, 6.07) is 20.4. The average Bonchev–Trinajstić information content (AvgIpc) is 3.22. The van der Waals surface area contributed by atoms with Crippen molar-refractivity contribution >= 4 is 28.5 Å². The molecule has 0 amide bonds. The van der Waals surface area contributed by atoms with Gasteiger partial charge in [-0.2, -0.15) is 0 Å². The molecule has 32 heavy (non-hydrogen) atoms. The van der Waals surface area contributed by atoms with E-state index < -0.39 is 11.9 Å². The maximum absolute atomic E-state index is 12.6. The number of nitrogen functional groups attached to an aromatic ring is 2. The summed E-state index contributed by atoms with van der Waals surface area (Å²) >= 11 is 0. The Balaban J connectivity index is 2.06. The second kappa shape index (κ2) is 8.39. The molecule has 1 heterocycles. The van der Waals surface area contributed by atoms with Crippen LogP contribution in [0.2, 0.25) is 0 Å². The van der Waals surface area contributed by atoms with Gasteiger partial charge in [0.05, 0.1) is 12.7 Å². The molecule has 4 aromatic rings. The Morgan fingerprint density at radius 1 is 0.906 bits per heavy atom. The van der Waals surface area contributed by atoms with Gasteiger partial charge >= 0.3 is 5.97 Å². The van der Waals surface area contributed by atoms with Gasteiger partial charge in [0.2, 0.25) is 0 Å². The molecule has 4 rings (SSSR count). The number of carbonyl (C=O) groups is 1. The van der Waals surface area contributed by atoms with Crippen molar-refractivity contribution in [2.24, 2.45) is 11.5 Å². The van der Waals surface area contributed by atoms with Crippen molar-refractivity contribution in [3.8, 4) is 0 Å². The third-order valence-electron chi connectivity index (χ3n) is 5.52. The van der Waals surface area contributed by atoms with Gasteiger partial charge in [0.15, 0.2) is 0 Å². The lowest BCUT2D eigenvalue weighted by atomic mass is 9.81. The number of ether oxygens (including phenoxy) is 1. The highest BCUT2D eigenvalue weighted by Crippen LogP contribution is 2.38. The molecule has 0 bridgehead atoms. The summed E-state index contributed by atoms with van der Waals surface area (Å²) in [5, 5.41) is 16.9. The lowest BCUT2D eigenvalue weighted by molar-refractivity contribution is 0.0599. The molecule has 0 radical (unpaired) electrons. The third kappa shape index (κ3) is 3.72. The van der Waals surface area contributed by atoms with Crippen LogP contribution in [0.1, 0.15) is 44.1 Å². The first-order valence-electron chi connectivity index (χ1n) is 9.97. The molecule has 160 valence electrons. The molecule has 0 aliphatic rings. The second-order valence-electron chi connectivity index (χ2n) is 7.47. The number of amidine groups is 2. The number of H-pyrrole nitrogens is 1. The van der Waals surface area contributed by atoms with E-state index in [-0.39, 0.29) is 11.7 Å². The molecule has 1 atom stereocenters. The number of nitrogens with two attached hydrogens (primary N) is 2. The van der Waals surface area contributed by atoms with Gasteiger partial charge < -0.3 is 21.2 Å². The lowest BCUT2D eigenvalue weighted by Crippen LogP contribution is -2.18. The number of rotatable bonds is 6. The minimum atomic E-state index is -0.444. The summed E-state index contributed by atoms with van der Waals surface area (Å²) in [5.41, 5.74) is 16.3. The summed E-state index contributed by atoms with van der Waals surface area (Å²) in [7, 11) is 1.35. The van der Waals surface area contributed by atoms with Crippen molar-refractivity contribution in [1.82, 2.24) is 4.98 Å². The highest BCUT2D eigenvalue weighted by Gasteiger charge is 2.26. The number of para-hydroxylation sites is 1. The van der Waals surface area contributed by atoms with Crippen LogP contribution in [0.5, 0.6) is 0 Å². The number of methoxy groups -OCH3 is 1. The van der Waals surface area contributed by atoms with Crippen molar-refractivity contribution in [2.45, 2.75) is 5.92 Å². The molecule has 0 spiro atoms. The van der Waals surface area contributed by atoms with Crippen LogP contribution >= 0.6 is 0 Å². The topological polar surface area (TPSA) is 142 Å². The molecule has 0 aliphatic carbocycles. The second-order valence-corrected chi connectivity index (χ2v) is 7.47. The van der Waals surface area contributed by atoms with Gasteiger partial charge in [0, 0.05) is 34.1 Å². The molecule has 0 saturated carbocycles. The largest absolute Gasteiger partial charge is 0.465 e. The number of aromatic amines is 1. The zero-order chi connectivity index (χ0) is 22.8. The van der Waals surface area contributed by atoms with Crippen molar-refractivity contribution in [1.29, 1.82) is 10.8 Å². The minimum absolute atomic E-state index is 0.131. The van der Waals surface area contributed by atoms with Crippen LogP contribution in [-0.2, 0) is 4.74 Å². The molecule has 3 aromatic carbocycles. The summed E-state index contributed by atoms with van der Waals surface area (Å²) in [4.78, 5) is 15.9. The number of nitrogens with one attached hydrogen (secondary N) is 3. The Hall–Kier alpha value is -4.39. The van der Waals surface area contributed by atoms with Gasteiger partial charge in [0.25, 0.3) is 0 Å². The molecule has 7 heteroatoms. The van der Waals surface area contributed by atoms with Gasteiger partial charge in [-0.3, -0.25) is 10.8 Å². The van der Waals surface area contributed by atoms with Gasteiger partial charge in [-0.1, -0.05) is 36.4 Å². The minimum Gasteiger partial charge on any atom is -0.465 e. The number of esters is 1. The average molecular weight is 425 g/mol. The normalized spacial score (nSPS) is 11.8. The van der Waals surface area contributed by atoms with Gasteiger partial charge in [-0.25, -0.2) is 4.79 Å². The van der Waals surface area contributed by atoms with Crippen LogP contribution in [0.4, 0.5) is 0 Å². The predicted molar refractivity (Wildman–Crippen MR) is 125 cm³/mol. The summed E-state index contributed by atoms with van der Waals surface area (Å²) in [6.07, 6.45) is 1.91. The summed E-state index contributed by atoms with van der Waals surface area (Å²) < 4.78 is 5.04. The molecule has 1 aromatic heterocycles. The Labute approximate surface area is 185 Å². The number of hydrogen-bond acceptors (Lipinski definition) is 4. The van der Waals surface area contributed by atoms with Crippen molar-refractivity contribution in [3.63, 3.8) is 0 Å². The zero-order valence-electron chi connectivity index (χ0n) is 17.5. The fourth-order valence-corrected chi connectivity index (χ4v) is 4.03. The van der Waals surface area contributed by atoms with Gasteiger partial charge in [0.1, 0.15) is 11.7 Å². The molecular weight excluding hydrogens is 402 g/mol. The maximum atomic E-state index is 12.6. The number of fused-ring (bicyclic) bond motifs is 1. The van der Waals surface area contributed by atoms with Crippen molar-refractivity contribution < 1.29 is 9.53 Å². The van der Waals surface area contributed by atoms with Crippen molar-refractivity contribution in [2.75, 3.05) is 7.11 Å². The first-order valence-corrected chi connectivity index (χ1v) is 9.97. The van der Waals surface area contributed by atoms with Crippen LogP contribution in [0.25, 0.3) is 10.9 Å². The van der Waals surface area contributed by atoms with E-state index in [1.54, 1.807) is 30.3 Å². The zero-order valence-corrected chi connectivity index (χ0v) is 17.5. The van der Waals surface area contributed by atoms with E-state index in [1.807, 2.05) is 42.6 Å². The number of carbonyl (C=O) groups excluding carboxylic acids is 1. The van der Waals surface area contributed by atoms with Crippen LogP contribution in [0, 0.1) is 10.8 Å².